The molecular formula is C24H22N4O4S2. The van der Waals surface area contributed by atoms with Gasteiger partial charge in [-0.15, -0.1) is 11.3 Å². The molecule has 2 aromatic carbocycles. The average molecular weight is 495 g/mol. The smallest absolute Gasteiger partial charge is 0.247 e. The number of amides is 1. The standard InChI is InChI=1S/C24H22N4O4S2/c1-3-21(29)25-18-5-4-6-19(15-18)32-23-22-20(11-13-33-22)27-24(28-23)26-17-9-7-16(8-10-17)12-14-34(2,30)31/h3-11,13,15H,1,12,14H2,2H3,(H,25,29)(H,26,27,28). The Hall–Kier alpha value is -3.76. The zero-order chi connectivity index (χ0) is 24.1. The molecule has 1 amide bonds. The summed E-state index contributed by atoms with van der Waals surface area (Å²) in [5, 5.41) is 7.79. The summed E-state index contributed by atoms with van der Waals surface area (Å²) in [6.45, 7) is 3.45. The van der Waals surface area contributed by atoms with Crippen LogP contribution in [0.15, 0.2) is 72.6 Å². The number of hydrogen-bond acceptors (Lipinski definition) is 8. The van der Waals surface area contributed by atoms with Gasteiger partial charge in [-0.05, 0) is 53.8 Å². The van der Waals surface area contributed by atoms with Gasteiger partial charge in [-0.25, -0.2) is 13.4 Å². The first-order chi connectivity index (χ1) is 16.3. The van der Waals surface area contributed by atoms with Gasteiger partial charge in [-0.2, -0.15) is 4.98 Å². The molecule has 0 fully saturated rings. The summed E-state index contributed by atoms with van der Waals surface area (Å²) in [4.78, 5) is 20.7. The van der Waals surface area contributed by atoms with E-state index in [-0.39, 0.29) is 11.7 Å². The molecule has 0 unspecified atom stereocenters. The lowest BCUT2D eigenvalue weighted by molar-refractivity contribution is -0.111. The number of carbonyl (C=O) groups excluding carboxylic acids is 1. The minimum absolute atomic E-state index is 0.108. The third-order valence-electron chi connectivity index (χ3n) is 4.75. The van der Waals surface area contributed by atoms with Gasteiger partial charge in [0, 0.05) is 23.7 Å². The number of nitrogens with one attached hydrogen (secondary N) is 2. The van der Waals surface area contributed by atoms with Crippen molar-refractivity contribution in [2.45, 2.75) is 6.42 Å². The highest BCUT2D eigenvalue weighted by atomic mass is 32.2. The minimum Gasteiger partial charge on any atom is -0.437 e. The first kappa shape index (κ1) is 23.4. The maximum atomic E-state index is 11.6. The quantitative estimate of drug-likeness (QED) is 0.317. The van der Waals surface area contributed by atoms with E-state index in [2.05, 4.69) is 27.2 Å². The van der Waals surface area contributed by atoms with Crippen molar-refractivity contribution in [1.29, 1.82) is 0 Å². The monoisotopic (exact) mass is 494 g/mol. The molecule has 0 spiro atoms. The van der Waals surface area contributed by atoms with E-state index in [0.29, 0.717) is 29.7 Å². The molecule has 4 aromatic rings. The number of aromatic nitrogens is 2. The highest BCUT2D eigenvalue weighted by Crippen LogP contribution is 2.33. The molecule has 174 valence electrons. The molecule has 0 bridgehead atoms. The predicted octanol–water partition coefficient (Wildman–Crippen LogP) is 4.94. The van der Waals surface area contributed by atoms with Gasteiger partial charge >= 0.3 is 0 Å². The van der Waals surface area contributed by atoms with E-state index in [1.54, 1.807) is 24.3 Å². The molecule has 2 heterocycles. The van der Waals surface area contributed by atoms with Crippen LogP contribution < -0.4 is 15.4 Å². The zero-order valence-corrected chi connectivity index (χ0v) is 19.9. The average Bonchev–Trinajstić information content (AvgIpc) is 3.27. The van der Waals surface area contributed by atoms with Crippen LogP contribution in [0, 0.1) is 0 Å². The number of ether oxygens (including phenoxy) is 1. The second-order valence-corrected chi connectivity index (χ2v) is 10.7. The zero-order valence-electron chi connectivity index (χ0n) is 18.3. The predicted molar refractivity (Wildman–Crippen MR) is 136 cm³/mol. The van der Waals surface area contributed by atoms with Gasteiger partial charge in [0.1, 0.15) is 20.3 Å². The summed E-state index contributed by atoms with van der Waals surface area (Å²) in [6, 6.07) is 16.3. The number of rotatable bonds is 9. The maximum Gasteiger partial charge on any atom is 0.247 e. The topological polar surface area (TPSA) is 110 Å². The number of nitrogens with zero attached hydrogens (tertiary/aromatic N) is 2. The van der Waals surface area contributed by atoms with Gasteiger partial charge in [-0.1, -0.05) is 24.8 Å². The number of thiophene rings is 1. The number of carbonyl (C=O) groups is 1. The summed E-state index contributed by atoms with van der Waals surface area (Å²) in [7, 11) is -3.01. The van der Waals surface area contributed by atoms with E-state index in [1.807, 2.05) is 35.7 Å². The number of fused-ring (bicyclic) bond motifs is 1. The fourth-order valence-corrected chi connectivity index (χ4v) is 4.45. The lowest BCUT2D eigenvalue weighted by Gasteiger charge is -2.11. The largest absolute Gasteiger partial charge is 0.437 e. The van der Waals surface area contributed by atoms with E-state index in [4.69, 9.17) is 4.74 Å². The van der Waals surface area contributed by atoms with Gasteiger partial charge in [0.25, 0.3) is 0 Å². The summed E-state index contributed by atoms with van der Waals surface area (Å²) in [6.07, 6.45) is 2.89. The fraction of sp³-hybridized carbons (Fsp3) is 0.125. The Labute approximate surface area is 201 Å². The Morgan fingerprint density at radius 3 is 2.65 bits per heavy atom. The number of aryl methyl sites for hydroxylation is 1. The summed E-state index contributed by atoms with van der Waals surface area (Å²) >= 11 is 1.47. The highest BCUT2D eigenvalue weighted by molar-refractivity contribution is 7.90. The lowest BCUT2D eigenvalue weighted by atomic mass is 10.1. The molecule has 0 saturated carbocycles. The highest BCUT2D eigenvalue weighted by Gasteiger charge is 2.13. The van der Waals surface area contributed by atoms with Gasteiger partial charge in [0.15, 0.2) is 0 Å². The van der Waals surface area contributed by atoms with Gasteiger partial charge in [0.05, 0.1) is 11.3 Å². The Kier molecular flexibility index (Phi) is 6.90. The Morgan fingerprint density at radius 2 is 1.91 bits per heavy atom. The normalized spacial score (nSPS) is 11.2. The molecular weight excluding hydrogens is 472 g/mol. The lowest BCUT2D eigenvalue weighted by Crippen LogP contribution is -2.07. The van der Waals surface area contributed by atoms with Crippen molar-refractivity contribution in [2.24, 2.45) is 0 Å². The molecule has 2 aromatic heterocycles. The van der Waals surface area contributed by atoms with E-state index in [9.17, 15) is 13.2 Å². The number of sulfone groups is 1. The number of anilines is 3. The molecule has 0 aliphatic rings. The molecule has 0 aliphatic carbocycles. The van der Waals surface area contributed by atoms with Crippen LogP contribution in [0.1, 0.15) is 5.56 Å². The Balaban J connectivity index is 1.54. The van der Waals surface area contributed by atoms with E-state index < -0.39 is 9.84 Å². The first-order valence-corrected chi connectivity index (χ1v) is 13.2. The van der Waals surface area contributed by atoms with E-state index in [1.165, 1.54) is 23.7 Å². The van der Waals surface area contributed by atoms with Crippen molar-refractivity contribution in [3.63, 3.8) is 0 Å². The van der Waals surface area contributed by atoms with Gasteiger partial charge < -0.3 is 15.4 Å². The minimum atomic E-state index is -3.01. The van der Waals surface area contributed by atoms with E-state index in [0.717, 1.165) is 21.5 Å². The van der Waals surface area contributed by atoms with Crippen LogP contribution >= 0.6 is 11.3 Å². The van der Waals surface area contributed by atoms with Crippen molar-refractivity contribution >= 4 is 54.6 Å². The van der Waals surface area contributed by atoms with Crippen LogP contribution in [0.25, 0.3) is 10.2 Å². The molecule has 0 aliphatic heterocycles. The molecule has 0 saturated heterocycles. The van der Waals surface area contributed by atoms with Crippen LogP contribution in [-0.2, 0) is 21.1 Å². The summed E-state index contributed by atoms with van der Waals surface area (Å²) in [5.74, 6) is 1.06. The Morgan fingerprint density at radius 1 is 1.12 bits per heavy atom. The molecule has 0 atom stereocenters. The third-order valence-corrected chi connectivity index (χ3v) is 6.58. The third kappa shape index (κ3) is 6.18. The maximum absolute atomic E-state index is 11.6. The second-order valence-electron chi connectivity index (χ2n) is 7.51. The van der Waals surface area contributed by atoms with Gasteiger partial charge in [-0.3, -0.25) is 4.79 Å². The van der Waals surface area contributed by atoms with Crippen molar-refractivity contribution in [3.05, 3.63) is 78.2 Å². The van der Waals surface area contributed by atoms with Crippen molar-refractivity contribution in [2.75, 3.05) is 22.6 Å². The van der Waals surface area contributed by atoms with Crippen LogP contribution in [0.4, 0.5) is 17.3 Å². The molecule has 0 radical (unpaired) electrons. The van der Waals surface area contributed by atoms with Crippen LogP contribution in [0.3, 0.4) is 0 Å². The fourth-order valence-electron chi connectivity index (χ4n) is 3.09. The van der Waals surface area contributed by atoms with Crippen molar-refractivity contribution in [3.8, 4) is 11.6 Å². The first-order valence-electron chi connectivity index (χ1n) is 10.3. The van der Waals surface area contributed by atoms with Crippen LogP contribution in [-0.4, -0.2) is 36.3 Å². The molecule has 8 nitrogen and oxygen atoms in total. The number of hydrogen-bond donors (Lipinski definition) is 2. The molecule has 2 N–H and O–H groups in total. The Bertz CT molecular complexity index is 1450. The molecule has 4 rings (SSSR count). The van der Waals surface area contributed by atoms with Crippen molar-refractivity contribution in [1.82, 2.24) is 9.97 Å². The van der Waals surface area contributed by atoms with Crippen molar-refractivity contribution < 1.29 is 17.9 Å². The van der Waals surface area contributed by atoms with Crippen LogP contribution in [0.2, 0.25) is 0 Å². The van der Waals surface area contributed by atoms with E-state index >= 15 is 0 Å². The SMILES string of the molecule is C=CC(=O)Nc1cccc(Oc2nc(Nc3ccc(CCS(C)(=O)=O)cc3)nc3ccsc23)c1. The second kappa shape index (κ2) is 10.0. The summed E-state index contributed by atoms with van der Waals surface area (Å²) in [5.41, 5.74) is 3.00. The molecule has 34 heavy (non-hydrogen) atoms. The number of benzene rings is 2. The molecule has 10 heteroatoms. The van der Waals surface area contributed by atoms with Crippen LogP contribution in [0.5, 0.6) is 11.6 Å². The van der Waals surface area contributed by atoms with Gasteiger partial charge in [0.2, 0.25) is 17.7 Å². The summed E-state index contributed by atoms with van der Waals surface area (Å²) < 4.78 is 29.6.